The molecule has 1 saturated heterocycles. The Balaban J connectivity index is 2.04. The van der Waals surface area contributed by atoms with Crippen molar-refractivity contribution in [1.29, 1.82) is 0 Å². The first-order valence-corrected chi connectivity index (χ1v) is 11.1. The van der Waals surface area contributed by atoms with E-state index >= 15 is 0 Å². The molecule has 7 nitrogen and oxygen atoms in total. The SMILES string of the molecule is CCOc1cc(/C=C2/C(=O)NC(=O)N(c3ccc(Br)c(C)c3)C2=O)cc(Cl)c1OC(C)C. The number of imide groups is 2. The molecule has 0 spiro atoms. The Morgan fingerprint density at radius 1 is 1.19 bits per heavy atom. The van der Waals surface area contributed by atoms with Crippen molar-refractivity contribution >= 4 is 57.1 Å². The van der Waals surface area contributed by atoms with Gasteiger partial charge < -0.3 is 9.47 Å². The van der Waals surface area contributed by atoms with Crippen LogP contribution in [0.4, 0.5) is 10.5 Å². The van der Waals surface area contributed by atoms with E-state index in [0.717, 1.165) is 14.9 Å². The zero-order valence-electron chi connectivity index (χ0n) is 18.0. The monoisotopic (exact) mass is 520 g/mol. The van der Waals surface area contributed by atoms with E-state index in [4.69, 9.17) is 21.1 Å². The Hall–Kier alpha value is -2.84. The van der Waals surface area contributed by atoms with E-state index in [2.05, 4.69) is 21.2 Å². The quantitative estimate of drug-likeness (QED) is 0.414. The highest BCUT2D eigenvalue weighted by atomic mass is 79.9. The van der Waals surface area contributed by atoms with Gasteiger partial charge in [0.05, 0.1) is 23.4 Å². The molecule has 1 aliphatic heterocycles. The number of carbonyl (C=O) groups is 3. The topological polar surface area (TPSA) is 84.9 Å². The highest BCUT2D eigenvalue weighted by Crippen LogP contribution is 2.38. The number of hydrogen-bond donors (Lipinski definition) is 1. The minimum Gasteiger partial charge on any atom is -0.490 e. The van der Waals surface area contributed by atoms with Gasteiger partial charge in [0.1, 0.15) is 5.57 Å². The lowest BCUT2D eigenvalue weighted by molar-refractivity contribution is -0.122. The largest absolute Gasteiger partial charge is 0.490 e. The molecule has 0 unspecified atom stereocenters. The number of urea groups is 1. The predicted octanol–water partition coefficient (Wildman–Crippen LogP) is 5.26. The third-order valence-corrected chi connectivity index (χ3v) is 5.67. The fourth-order valence-electron chi connectivity index (χ4n) is 3.11. The number of nitrogens with zero attached hydrogens (tertiary/aromatic N) is 1. The molecule has 1 fully saturated rings. The molecule has 3 rings (SSSR count). The molecule has 1 aliphatic rings. The van der Waals surface area contributed by atoms with Gasteiger partial charge in [0.25, 0.3) is 11.8 Å². The number of halogens is 2. The van der Waals surface area contributed by atoms with Crippen LogP contribution in [0.2, 0.25) is 5.02 Å². The van der Waals surface area contributed by atoms with E-state index in [1.165, 1.54) is 6.08 Å². The van der Waals surface area contributed by atoms with Gasteiger partial charge in [-0.25, -0.2) is 9.69 Å². The van der Waals surface area contributed by atoms with Crippen molar-refractivity contribution < 1.29 is 23.9 Å². The number of benzene rings is 2. The van der Waals surface area contributed by atoms with Gasteiger partial charge in [-0.3, -0.25) is 14.9 Å². The summed E-state index contributed by atoms with van der Waals surface area (Å²) in [6.07, 6.45) is 1.24. The number of ether oxygens (including phenoxy) is 2. The summed E-state index contributed by atoms with van der Waals surface area (Å²) in [5, 5.41) is 2.49. The van der Waals surface area contributed by atoms with Crippen LogP contribution in [0.3, 0.4) is 0 Å². The van der Waals surface area contributed by atoms with Gasteiger partial charge in [-0.2, -0.15) is 0 Å². The van der Waals surface area contributed by atoms with Crippen molar-refractivity contribution in [1.82, 2.24) is 5.32 Å². The second-order valence-corrected chi connectivity index (χ2v) is 8.58. The van der Waals surface area contributed by atoms with Gasteiger partial charge in [-0.15, -0.1) is 0 Å². The molecule has 1 N–H and O–H groups in total. The number of rotatable bonds is 6. The first-order valence-electron chi connectivity index (χ1n) is 9.93. The summed E-state index contributed by atoms with van der Waals surface area (Å²) in [7, 11) is 0. The summed E-state index contributed by atoms with van der Waals surface area (Å²) in [6.45, 7) is 7.75. The summed E-state index contributed by atoms with van der Waals surface area (Å²) in [5.74, 6) is -0.758. The average Bonchev–Trinajstić information content (AvgIpc) is 2.70. The number of barbiturate groups is 1. The maximum Gasteiger partial charge on any atom is 0.335 e. The molecule has 0 aromatic heterocycles. The summed E-state index contributed by atoms with van der Waals surface area (Å²) >= 11 is 9.79. The van der Waals surface area contributed by atoms with Crippen molar-refractivity contribution in [2.24, 2.45) is 0 Å². The van der Waals surface area contributed by atoms with E-state index in [0.29, 0.717) is 29.4 Å². The molecule has 0 bridgehead atoms. The maximum absolute atomic E-state index is 13.1. The van der Waals surface area contributed by atoms with Crippen molar-refractivity contribution in [3.8, 4) is 11.5 Å². The number of amides is 4. The van der Waals surface area contributed by atoms with Gasteiger partial charge >= 0.3 is 6.03 Å². The molecular weight excluding hydrogens is 500 g/mol. The molecule has 9 heteroatoms. The van der Waals surface area contributed by atoms with Gasteiger partial charge in [0.15, 0.2) is 11.5 Å². The smallest absolute Gasteiger partial charge is 0.335 e. The lowest BCUT2D eigenvalue weighted by Crippen LogP contribution is -2.54. The van der Waals surface area contributed by atoms with E-state index < -0.39 is 17.8 Å². The van der Waals surface area contributed by atoms with Gasteiger partial charge in [-0.1, -0.05) is 27.5 Å². The van der Waals surface area contributed by atoms with E-state index in [9.17, 15) is 14.4 Å². The van der Waals surface area contributed by atoms with E-state index in [1.54, 1.807) is 30.3 Å². The van der Waals surface area contributed by atoms with Crippen molar-refractivity contribution in [2.75, 3.05) is 11.5 Å². The summed E-state index contributed by atoms with van der Waals surface area (Å²) in [6, 6.07) is 7.41. The number of aryl methyl sites for hydroxylation is 1. The van der Waals surface area contributed by atoms with E-state index in [-0.39, 0.29) is 16.7 Å². The first kappa shape index (κ1) is 23.8. The molecule has 2 aromatic carbocycles. The molecule has 4 amide bonds. The minimum atomic E-state index is -0.812. The fraction of sp³-hybridized carbons (Fsp3) is 0.261. The van der Waals surface area contributed by atoms with Crippen molar-refractivity contribution in [2.45, 2.75) is 33.8 Å². The normalized spacial score (nSPS) is 15.4. The lowest BCUT2D eigenvalue weighted by Gasteiger charge is -2.26. The molecule has 2 aromatic rings. The van der Waals surface area contributed by atoms with Gasteiger partial charge in [0, 0.05) is 4.47 Å². The second kappa shape index (κ2) is 9.75. The number of hydrogen-bond acceptors (Lipinski definition) is 5. The Labute approximate surface area is 199 Å². The van der Waals surface area contributed by atoms with Crippen LogP contribution in [0.15, 0.2) is 40.4 Å². The third kappa shape index (κ3) is 4.97. The van der Waals surface area contributed by atoms with Crippen LogP contribution in [0, 0.1) is 6.92 Å². The maximum atomic E-state index is 13.1. The van der Waals surface area contributed by atoms with Crippen LogP contribution in [0.5, 0.6) is 11.5 Å². The first-order chi connectivity index (χ1) is 15.1. The van der Waals surface area contributed by atoms with Crippen LogP contribution in [0.1, 0.15) is 31.9 Å². The van der Waals surface area contributed by atoms with Crippen LogP contribution in [0.25, 0.3) is 6.08 Å². The average molecular weight is 522 g/mol. The number of carbonyl (C=O) groups excluding carboxylic acids is 3. The van der Waals surface area contributed by atoms with Crippen LogP contribution < -0.4 is 19.7 Å². The number of anilines is 1. The molecule has 0 radical (unpaired) electrons. The zero-order valence-corrected chi connectivity index (χ0v) is 20.3. The Morgan fingerprint density at radius 2 is 1.91 bits per heavy atom. The molecule has 168 valence electrons. The summed E-state index contributed by atoms with van der Waals surface area (Å²) in [4.78, 5) is 39.0. The molecule has 32 heavy (non-hydrogen) atoms. The third-order valence-electron chi connectivity index (χ3n) is 4.50. The van der Waals surface area contributed by atoms with Crippen molar-refractivity contribution in [3.05, 3.63) is 56.5 Å². The van der Waals surface area contributed by atoms with Crippen LogP contribution in [-0.4, -0.2) is 30.6 Å². The fourth-order valence-corrected chi connectivity index (χ4v) is 3.62. The predicted molar refractivity (Wildman–Crippen MR) is 126 cm³/mol. The van der Waals surface area contributed by atoms with E-state index in [1.807, 2.05) is 27.7 Å². The van der Waals surface area contributed by atoms with Gasteiger partial charge in [-0.05, 0) is 75.2 Å². The highest BCUT2D eigenvalue weighted by Gasteiger charge is 2.37. The summed E-state index contributed by atoms with van der Waals surface area (Å²) in [5.41, 5.74) is 1.43. The van der Waals surface area contributed by atoms with Crippen molar-refractivity contribution in [3.63, 3.8) is 0 Å². The van der Waals surface area contributed by atoms with Crippen LogP contribution in [-0.2, 0) is 9.59 Å². The molecule has 0 atom stereocenters. The Kier molecular flexibility index (Phi) is 7.26. The molecule has 1 heterocycles. The highest BCUT2D eigenvalue weighted by molar-refractivity contribution is 9.10. The molecule has 0 aliphatic carbocycles. The standard InChI is InChI=1S/C23H22BrClN2O5/c1-5-31-19-11-14(10-18(25)20(19)32-12(2)3)9-16-21(28)26-23(30)27(22(16)29)15-6-7-17(24)13(4)8-15/h6-12H,5H2,1-4H3,(H,26,28,30)/b16-9-. The zero-order chi connectivity index (χ0) is 23.6. The molecular formula is C23H22BrClN2O5. The van der Waals surface area contributed by atoms with Crippen LogP contribution >= 0.6 is 27.5 Å². The van der Waals surface area contributed by atoms with Gasteiger partial charge in [0.2, 0.25) is 0 Å². The minimum absolute atomic E-state index is 0.129. The Bertz CT molecular complexity index is 1130. The Morgan fingerprint density at radius 3 is 2.53 bits per heavy atom. The molecule has 0 saturated carbocycles. The second-order valence-electron chi connectivity index (χ2n) is 7.32. The number of nitrogens with one attached hydrogen (secondary N) is 1. The lowest BCUT2D eigenvalue weighted by atomic mass is 10.1. The summed E-state index contributed by atoms with van der Waals surface area (Å²) < 4.78 is 12.2.